The summed E-state index contributed by atoms with van der Waals surface area (Å²) in [4.78, 5) is 4.80. The van der Waals surface area contributed by atoms with E-state index in [4.69, 9.17) is 9.26 Å². The van der Waals surface area contributed by atoms with E-state index in [9.17, 15) is 8.42 Å². The largest absolute Gasteiger partial charge is 0.476 e. The van der Waals surface area contributed by atoms with E-state index >= 15 is 0 Å². The molecule has 0 unspecified atom stereocenters. The second kappa shape index (κ2) is 7.90. The molecule has 3 aromatic rings. The fraction of sp³-hybridized carbons (Fsp3) is 0.571. The maximum Gasteiger partial charge on any atom is 0.248 e. The van der Waals surface area contributed by atoms with Crippen LogP contribution in [0.3, 0.4) is 0 Å². The molecule has 0 amide bonds. The molecule has 10 heteroatoms. The molecule has 31 heavy (non-hydrogen) atoms. The van der Waals surface area contributed by atoms with Gasteiger partial charge in [-0.15, -0.1) is 5.10 Å². The van der Waals surface area contributed by atoms with Crippen LogP contribution in [0.4, 0.5) is 0 Å². The number of nitrogens with zero attached hydrogens (tertiary/aromatic N) is 5. The minimum atomic E-state index is -3.59. The quantitative estimate of drug-likeness (QED) is 0.592. The maximum absolute atomic E-state index is 12.9. The average molecular weight is 448 g/mol. The smallest absolute Gasteiger partial charge is 0.248 e. The standard InChI is InChI=1S/C21H29N5O4S/c1-14-20(15(2)30-24-14)31(27,28)25-10-8-16(9-11-25)13-29-19-7-6-18-22-17(21(3,4)5)12-26(18)23-19/h6-7,12,16H,8-11,13H2,1-5H3. The zero-order chi connectivity index (χ0) is 22.4. The molecular weight excluding hydrogens is 418 g/mol. The Kier molecular flexibility index (Phi) is 5.55. The average Bonchev–Trinajstić information content (AvgIpc) is 3.29. The minimum Gasteiger partial charge on any atom is -0.476 e. The van der Waals surface area contributed by atoms with Crippen molar-refractivity contribution < 1.29 is 17.7 Å². The SMILES string of the molecule is Cc1noc(C)c1S(=O)(=O)N1CCC(COc2ccc3nc(C(C)(C)C)cn3n2)CC1. The normalized spacial score (nSPS) is 16.8. The highest BCUT2D eigenvalue weighted by Gasteiger charge is 2.34. The Hall–Kier alpha value is -2.46. The molecule has 3 aromatic heterocycles. The molecule has 0 aliphatic carbocycles. The van der Waals surface area contributed by atoms with Crippen molar-refractivity contribution >= 4 is 15.7 Å². The Bertz CT molecular complexity index is 1160. The monoisotopic (exact) mass is 447 g/mol. The molecule has 0 atom stereocenters. The van der Waals surface area contributed by atoms with Crippen LogP contribution >= 0.6 is 0 Å². The fourth-order valence-corrected chi connectivity index (χ4v) is 5.56. The molecule has 4 heterocycles. The van der Waals surface area contributed by atoms with Crippen LogP contribution in [-0.4, -0.2) is 52.2 Å². The lowest BCUT2D eigenvalue weighted by Crippen LogP contribution is -2.40. The molecule has 0 radical (unpaired) electrons. The summed E-state index contributed by atoms with van der Waals surface area (Å²) in [6.07, 6.45) is 3.38. The van der Waals surface area contributed by atoms with Gasteiger partial charge in [-0.25, -0.2) is 17.9 Å². The van der Waals surface area contributed by atoms with Crippen molar-refractivity contribution in [1.82, 2.24) is 24.1 Å². The van der Waals surface area contributed by atoms with E-state index in [-0.39, 0.29) is 16.2 Å². The number of aromatic nitrogens is 4. The van der Waals surface area contributed by atoms with Crippen molar-refractivity contribution in [2.45, 2.75) is 57.8 Å². The second-order valence-corrected chi connectivity index (χ2v) is 11.0. The van der Waals surface area contributed by atoms with E-state index in [0.29, 0.717) is 37.0 Å². The van der Waals surface area contributed by atoms with E-state index in [1.807, 2.05) is 18.3 Å². The third-order valence-electron chi connectivity index (χ3n) is 5.67. The molecule has 0 aromatic carbocycles. The lowest BCUT2D eigenvalue weighted by atomic mass is 9.93. The minimum absolute atomic E-state index is 0.0490. The zero-order valence-corrected chi connectivity index (χ0v) is 19.4. The first kappa shape index (κ1) is 21.8. The second-order valence-electron chi connectivity index (χ2n) is 9.16. The van der Waals surface area contributed by atoms with Crippen molar-refractivity contribution in [2.75, 3.05) is 19.7 Å². The summed E-state index contributed by atoms with van der Waals surface area (Å²) in [7, 11) is -3.59. The number of ether oxygens (including phenoxy) is 1. The van der Waals surface area contributed by atoms with Gasteiger partial charge in [0.05, 0.1) is 18.5 Å². The number of fused-ring (bicyclic) bond motifs is 1. The van der Waals surface area contributed by atoms with Crippen LogP contribution in [0.25, 0.3) is 5.65 Å². The van der Waals surface area contributed by atoms with Crippen LogP contribution in [0.1, 0.15) is 50.8 Å². The Balaban J connectivity index is 1.36. The molecule has 1 aliphatic rings. The van der Waals surface area contributed by atoms with Crippen molar-refractivity contribution in [3.63, 3.8) is 0 Å². The summed E-state index contributed by atoms with van der Waals surface area (Å²) < 4.78 is 40.1. The highest BCUT2D eigenvalue weighted by molar-refractivity contribution is 7.89. The highest BCUT2D eigenvalue weighted by Crippen LogP contribution is 2.28. The first-order valence-corrected chi connectivity index (χ1v) is 11.9. The Morgan fingerprint density at radius 2 is 1.90 bits per heavy atom. The van der Waals surface area contributed by atoms with E-state index in [0.717, 1.165) is 24.2 Å². The van der Waals surface area contributed by atoms with Crippen LogP contribution in [0.2, 0.25) is 0 Å². The topological polar surface area (TPSA) is 103 Å². The Morgan fingerprint density at radius 1 is 1.19 bits per heavy atom. The fourth-order valence-electron chi connectivity index (χ4n) is 3.79. The molecule has 0 spiro atoms. The van der Waals surface area contributed by atoms with Crippen LogP contribution in [0.15, 0.2) is 27.7 Å². The molecular formula is C21H29N5O4S. The van der Waals surface area contributed by atoms with E-state index in [1.54, 1.807) is 18.4 Å². The van der Waals surface area contributed by atoms with Gasteiger partial charge in [0.15, 0.2) is 11.4 Å². The molecule has 0 N–H and O–H groups in total. The van der Waals surface area contributed by atoms with Gasteiger partial charge in [0, 0.05) is 24.6 Å². The van der Waals surface area contributed by atoms with E-state index in [1.165, 1.54) is 4.31 Å². The van der Waals surface area contributed by atoms with Gasteiger partial charge in [0.1, 0.15) is 10.6 Å². The third-order valence-corrected chi connectivity index (χ3v) is 7.81. The summed E-state index contributed by atoms with van der Waals surface area (Å²) >= 11 is 0. The van der Waals surface area contributed by atoms with Crippen LogP contribution in [0.5, 0.6) is 5.88 Å². The van der Waals surface area contributed by atoms with Crippen molar-refractivity contribution in [3.8, 4) is 5.88 Å². The molecule has 1 aliphatic heterocycles. The van der Waals surface area contributed by atoms with Gasteiger partial charge in [-0.2, -0.15) is 4.31 Å². The number of sulfonamides is 1. The summed E-state index contributed by atoms with van der Waals surface area (Å²) in [5, 5.41) is 8.29. The number of aryl methyl sites for hydroxylation is 2. The van der Waals surface area contributed by atoms with Crippen molar-refractivity contribution in [1.29, 1.82) is 0 Å². The van der Waals surface area contributed by atoms with Gasteiger partial charge in [0.2, 0.25) is 15.9 Å². The van der Waals surface area contributed by atoms with Crippen molar-refractivity contribution in [3.05, 3.63) is 35.5 Å². The summed E-state index contributed by atoms with van der Waals surface area (Å²) in [5.74, 6) is 1.14. The van der Waals surface area contributed by atoms with Gasteiger partial charge >= 0.3 is 0 Å². The molecule has 1 fully saturated rings. The van der Waals surface area contributed by atoms with E-state index in [2.05, 4.69) is 36.0 Å². The summed E-state index contributed by atoms with van der Waals surface area (Å²) in [5.41, 5.74) is 2.12. The highest BCUT2D eigenvalue weighted by atomic mass is 32.2. The first-order valence-electron chi connectivity index (χ1n) is 10.5. The van der Waals surface area contributed by atoms with E-state index < -0.39 is 10.0 Å². The maximum atomic E-state index is 12.9. The predicted octanol–water partition coefficient (Wildman–Crippen LogP) is 3.11. The Morgan fingerprint density at radius 3 is 2.52 bits per heavy atom. The number of imidazole rings is 1. The molecule has 0 saturated carbocycles. The molecule has 4 rings (SSSR count). The summed E-state index contributed by atoms with van der Waals surface area (Å²) in [6.45, 7) is 11.0. The molecule has 9 nitrogen and oxygen atoms in total. The number of hydrogen-bond acceptors (Lipinski definition) is 7. The summed E-state index contributed by atoms with van der Waals surface area (Å²) in [6, 6.07) is 3.72. The van der Waals surface area contributed by atoms with Gasteiger partial charge in [-0.1, -0.05) is 25.9 Å². The lowest BCUT2D eigenvalue weighted by molar-refractivity contribution is 0.179. The van der Waals surface area contributed by atoms with Crippen molar-refractivity contribution in [2.24, 2.45) is 5.92 Å². The van der Waals surface area contributed by atoms with Gasteiger partial charge in [0.25, 0.3) is 0 Å². The molecule has 0 bridgehead atoms. The molecule has 1 saturated heterocycles. The lowest BCUT2D eigenvalue weighted by Gasteiger charge is -2.30. The number of hydrogen-bond donors (Lipinski definition) is 0. The number of rotatable bonds is 5. The van der Waals surface area contributed by atoms with Gasteiger partial charge < -0.3 is 9.26 Å². The molecule has 168 valence electrons. The predicted molar refractivity (Wildman–Crippen MR) is 115 cm³/mol. The first-order chi connectivity index (χ1) is 14.6. The van der Waals surface area contributed by atoms with Gasteiger partial charge in [-0.05, 0) is 38.7 Å². The zero-order valence-electron chi connectivity index (χ0n) is 18.6. The van der Waals surface area contributed by atoms with Crippen LogP contribution in [0, 0.1) is 19.8 Å². The van der Waals surface area contributed by atoms with Crippen LogP contribution in [-0.2, 0) is 15.4 Å². The Labute approximate surface area is 182 Å². The third kappa shape index (κ3) is 4.31. The van der Waals surface area contributed by atoms with Crippen LogP contribution < -0.4 is 4.74 Å². The van der Waals surface area contributed by atoms with Gasteiger partial charge in [-0.3, -0.25) is 0 Å². The number of piperidine rings is 1.